The standard InChI is InChI=1S/C12H25NO2/c1-12(2)11-13(8-10-15-12)7-5-3-4-6-9-14/h14H,3-11H2,1-2H3. The van der Waals surface area contributed by atoms with Crippen molar-refractivity contribution >= 4 is 0 Å². The van der Waals surface area contributed by atoms with Crippen molar-refractivity contribution in [2.24, 2.45) is 0 Å². The summed E-state index contributed by atoms with van der Waals surface area (Å²) in [5, 5.41) is 8.66. The maximum atomic E-state index is 8.66. The van der Waals surface area contributed by atoms with E-state index in [0.29, 0.717) is 6.61 Å². The van der Waals surface area contributed by atoms with Gasteiger partial charge in [0.05, 0.1) is 12.2 Å². The molecule has 0 spiro atoms. The number of rotatable bonds is 6. The second-order valence-corrected chi connectivity index (χ2v) is 5.02. The molecule has 0 unspecified atom stereocenters. The quantitative estimate of drug-likeness (QED) is 0.684. The summed E-state index contributed by atoms with van der Waals surface area (Å²) in [4.78, 5) is 2.49. The highest BCUT2D eigenvalue weighted by Gasteiger charge is 2.26. The molecule has 1 fully saturated rings. The number of nitrogens with zero attached hydrogens (tertiary/aromatic N) is 1. The van der Waals surface area contributed by atoms with Gasteiger partial charge in [-0.1, -0.05) is 12.8 Å². The van der Waals surface area contributed by atoms with Gasteiger partial charge in [-0.05, 0) is 33.2 Å². The highest BCUT2D eigenvalue weighted by molar-refractivity contribution is 4.78. The Kier molecular flexibility index (Phi) is 5.58. The van der Waals surface area contributed by atoms with Crippen LogP contribution < -0.4 is 0 Å². The van der Waals surface area contributed by atoms with Crippen LogP contribution in [0.2, 0.25) is 0 Å². The summed E-state index contributed by atoms with van der Waals surface area (Å²) in [7, 11) is 0. The molecule has 3 heteroatoms. The molecule has 1 saturated heterocycles. The van der Waals surface area contributed by atoms with E-state index in [9.17, 15) is 0 Å². The molecule has 1 aliphatic rings. The summed E-state index contributed by atoms with van der Waals surface area (Å²) in [6.45, 7) is 8.82. The molecule has 1 N–H and O–H groups in total. The van der Waals surface area contributed by atoms with Gasteiger partial charge in [0.2, 0.25) is 0 Å². The molecule has 0 aromatic rings. The summed E-state index contributed by atoms with van der Waals surface area (Å²) in [6.07, 6.45) is 4.59. The van der Waals surface area contributed by atoms with Gasteiger partial charge in [-0.2, -0.15) is 0 Å². The van der Waals surface area contributed by atoms with Crippen molar-refractivity contribution in [3.8, 4) is 0 Å². The van der Waals surface area contributed by atoms with Crippen molar-refractivity contribution in [2.45, 2.75) is 45.1 Å². The third-order valence-electron chi connectivity index (χ3n) is 2.89. The van der Waals surface area contributed by atoms with Crippen LogP contribution in [0.25, 0.3) is 0 Å². The number of hydrogen-bond acceptors (Lipinski definition) is 3. The number of aliphatic hydroxyl groups is 1. The molecule has 0 atom stereocenters. The minimum Gasteiger partial charge on any atom is -0.396 e. The fraction of sp³-hybridized carbons (Fsp3) is 1.00. The number of aliphatic hydroxyl groups excluding tert-OH is 1. The van der Waals surface area contributed by atoms with Crippen molar-refractivity contribution in [1.29, 1.82) is 0 Å². The molecule has 1 heterocycles. The lowest BCUT2D eigenvalue weighted by Crippen LogP contribution is -2.48. The maximum Gasteiger partial charge on any atom is 0.0753 e. The Hall–Kier alpha value is -0.120. The van der Waals surface area contributed by atoms with E-state index < -0.39 is 0 Å². The lowest BCUT2D eigenvalue weighted by atomic mass is 10.1. The zero-order chi connectivity index (χ0) is 11.1. The highest BCUT2D eigenvalue weighted by atomic mass is 16.5. The smallest absolute Gasteiger partial charge is 0.0753 e. The van der Waals surface area contributed by atoms with Gasteiger partial charge in [0.1, 0.15) is 0 Å². The number of morpholine rings is 1. The Balaban J connectivity index is 2.05. The predicted molar refractivity (Wildman–Crippen MR) is 62.0 cm³/mol. The minimum absolute atomic E-state index is 0.0311. The molecule has 0 radical (unpaired) electrons. The fourth-order valence-electron chi connectivity index (χ4n) is 2.11. The van der Waals surface area contributed by atoms with Gasteiger partial charge in [0, 0.05) is 19.7 Å². The van der Waals surface area contributed by atoms with Crippen molar-refractivity contribution < 1.29 is 9.84 Å². The molecule has 0 aromatic carbocycles. The van der Waals surface area contributed by atoms with Gasteiger partial charge < -0.3 is 9.84 Å². The van der Waals surface area contributed by atoms with Crippen molar-refractivity contribution in [2.75, 3.05) is 32.8 Å². The van der Waals surface area contributed by atoms with E-state index in [-0.39, 0.29) is 5.60 Å². The second kappa shape index (κ2) is 6.46. The lowest BCUT2D eigenvalue weighted by molar-refractivity contribution is -0.0861. The monoisotopic (exact) mass is 215 g/mol. The Bertz CT molecular complexity index is 171. The van der Waals surface area contributed by atoms with E-state index in [0.717, 1.165) is 32.5 Å². The zero-order valence-electron chi connectivity index (χ0n) is 10.2. The van der Waals surface area contributed by atoms with Crippen molar-refractivity contribution in [3.63, 3.8) is 0 Å². The van der Waals surface area contributed by atoms with Crippen LogP contribution in [0.1, 0.15) is 39.5 Å². The summed E-state index contributed by atoms with van der Waals surface area (Å²) >= 11 is 0. The van der Waals surface area contributed by atoms with Crippen LogP contribution in [-0.2, 0) is 4.74 Å². The van der Waals surface area contributed by atoms with Gasteiger partial charge in [-0.3, -0.25) is 4.90 Å². The van der Waals surface area contributed by atoms with Gasteiger partial charge in [-0.15, -0.1) is 0 Å². The fourth-order valence-corrected chi connectivity index (χ4v) is 2.11. The van der Waals surface area contributed by atoms with E-state index in [1.54, 1.807) is 0 Å². The average Bonchev–Trinajstić information content (AvgIpc) is 2.16. The van der Waals surface area contributed by atoms with Crippen LogP contribution in [-0.4, -0.2) is 48.5 Å². The Labute approximate surface area is 93.4 Å². The molecular formula is C12H25NO2. The third-order valence-corrected chi connectivity index (χ3v) is 2.89. The number of ether oxygens (including phenoxy) is 1. The van der Waals surface area contributed by atoms with E-state index in [1.165, 1.54) is 19.4 Å². The minimum atomic E-state index is 0.0311. The summed E-state index contributed by atoms with van der Waals surface area (Å²) < 4.78 is 5.67. The van der Waals surface area contributed by atoms with Crippen LogP contribution in [0, 0.1) is 0 Å². The van der Waals surface area contributed by atoms with Gasteiger partial charge in [-0.25, -0.2) is 0 Å². The third kappa shape index (κ3) is 5.50. The number of hydrogen-bond donors (Lipinski definition) is 1. The summed E-state index contributed by atoms with van der Waals surface area (Å²) in [6, 6.07) is 0. The van der Waals surface area contributed by atoms with Crippen LogP contribution in [0.5, 0.6) is 0 Å². The van der Waals surface area contributed by atoms with Gasteiger partial charge in [0.25, 0.3) is 0 Å². The molecule has 1 rings (SSSR count). The molecule has 0 saturated carbocycles. The predicted octanol–water partition coefficient (Wildman–Crippen LogP) is 1.65. The van der Waals surface area contributed by atoms with Crippen molar-refractivity contribution in [3.05, 3.63) is 0 Å². The van der Waals surface area contributed by atoms with E-state index in [1.807, 2.05) is 0 Å². The molecule has 0 aliphatic carbocycles. The summed E-state index contributed by atoms with van der Waals surface area (Å²) in [5.41, 5.74) is 0.0311. The van der Waals surface area contributed by atoms with Crippen LogP contribution in [0.15, 0.2) is 0 Å². The second-order valence-electron chi connectivity index (χ2n) is 5.02. The Morgan fingerprint density at radius 1 is 1.20 bits per heavy atom. The molecule has 15 heavy (non-hydrogen) atoms. The first kappa shape index (κ1) is 12.9. The molecule has 0 bridgehead atoms. The molecule has 0 aromatic heterocycles. The van der Waals surface area contributed by atoms with Crippen LogP contribution >= 0.6 is 0 Å². The highest BCUT2D eigenvalue weighted by Crippen LogP contribution is 2.16. The zero-order valence-corrected chi connectivity index (χ0v) is 10.2. The van der Waals surface area contributed by atoms with Crippen LogP contribution in [0.4, 0.5) is 0 Å². The lowest BCUT2D eigenvalue weighted by Gasteiger charge is -2.38. The summed E-state index contributed by atoms with van der Waals surface area (Å²) in [5.74, 6) is 0. The molecular weight excluding hydrogens is 190 g/mol. The van der Waals surface area contributed by atoms with Crippen LogP contribution in [0.3, 0.4) is 0 Å². The SMILES string of the molecule is CC1(C)CN(CCCCCCO)CCO1. The average molecular weight is 215 g/mol. The molecule has 90 valence electrons. The largest absolute Gasteiger partial charge is 0.396 e. The van der Waals surface area contributed by atoms with E-state index in [4.69, 9.17) is 9.84 Å². The van der Waals surface area contributed by atoms with Crippen molar-refractivity contribution in [1.82, 2.24) is 4.90 Å². The van der Waals surface area contributed by atoms with Gasteiger partial charge >= 0.3 is 0 Å². The van der Waals surface area contributed by atoms with E-state index >= 15 is 0 Å². The first-order valence-corrected chi connectivity index (χ1v) is 6.11. The normalized spacial score (nSPS) is 21.8. The first-order chi connectivity index (χ1) is 7.14. The Morgan fingerprint density at radius 3 is 2.60 bits per heavy atom. The molecule has 1 aliphatic heterocycles. The van der Waals surface area contributed by atoms with Gasteiger partial charge in [0.15, 0.2) is 0 Å². The topological polar surface area (TPSA) is 32.7 Å². The first-order valence-electron chi connectivity index (χ1n) is 6.11. The molecule has 0 amide bonds. The molecule has 3 nitrogen and oxygen atoms in total. The maximum absolute atomic E-state index is 8.66. The Morgan fingerprint density at radius 2 is 1.93 bits per heavy atom. The van der Waals surface area contributed by atoms with E-state index in [2.05, 4.69) is 18.7 Å². The number of unbranched alkanes of at least 4 members (excludes halogenated alkanes) is 3.